The molecular formula is C12H17N3. The van der Waals surface area contributed by atoms with E-state index in [1.54, 1.807) is 0 Å². The Hall–Kier alpha value is -1.25. The van der Waals surface area contributed by atoms with Gasteiger partial charge in [-0.05, 0) is 49.1 Å². The van der Waals surface area contributed by atoms with Gasteiger partial charge >= 0.3 is 0 Å². The van der Waals surface area contributed by atoms with E-state index >= 15 is 0 Å². The molecule has 0 amide bonds. The van der Waals surface area contributed by atoms with Gasteiger partial charge in [0.05, 0.1) is 0 Å². The third kappa shape index (κ3) is 1.78. The lowest BCUT2D eigenvalue weighted by Gasteiger charge is -2.15. The Morgan fingerprint density at radius 3 is 2.80 bits per heavy atom. The highest BCUT2D eigenvalue weighted by Crippen LogP contribution is 2.61. The van der Waals surface area contributed by atoms with Gasteiger partial charge in [0.1, 0.15) is 11.6 Å². The van der Waals surface area contributed by atoms with E-state index in [0.29, 0.717) is 11.2 Å². The molecule has 1 aromatic rings. The second kappa shape index (κ2) is 3.12. The van der Waals surface area contributed by atoms with E-state index in [-0.39, 0.29) is 0 Å². The number of nitrogens with one attached hydrogen (secondary N) is 1. The summed E-state index contributed by atoms with van der Waals surface area (Å²) in [6.45, 7) is 1.08. The van der Waals surface area contributed by atoms with Crippen LogP contribution in [-0.4, -0.2) is 11.5 Å². The summed E-state index contributed by atoms with van der Waals surface area (Å²) in [5, 5.41) is 3.42. The minimum absolute atomic E-state index is 0.594. The van der Waals surface area contributed by atoms with Crippen molar-refractivity contribution in [2.75, 3.05) is 17.6 Å². The Labute approximate surface area is 90.1 Å². The standard InChI is InChI=1S/C12H17N3/c13-10-2-1-3-11(15-10)14-8-12(6-7-12)9-4-5-9/h1-3,9H,4-8H2,(H3,13,14,15). The minimum Gasteiger partial charge on any atom is -0.384 e. The van der Waals surface area contributed by atoms with Crippen molar-refractivity contribution in [2.45, 2.75) is 25.7 Å². The van der Waals surface area contributed by atoms with Gasteiger partial charge in [0.15, 0.2) is 0 Å². The van der Waals surface area contributed by atoms with Crippen molar-refractivity contribution in [3.63, 3.8) is 0 Å². The van der Waals surface area contributed by atoms with Crippen molar-refractivity contribution in [3.05, 3.63) is 18.2 Å². The Morgan fingerprint density at radius 1 is 1.40 bits per heavy atom. The Balaban J connectivity index is 1.61. The quantitative estimate of drug-likeness (QED) is 0.789. The molecular weight excluding hydrogens is 186 g/mol. The first kappa shape index (κ1) is 9.01. The van der Waals surface area contributed by atoms with E-state index in [1.165, 1.54) is 25.7 Å². The van der Waals surface area contributed by atoms with Gasteiger partial charge in [-0.15, -0.1) is 0 Å². The number of nitrogen functional groups attached to an aromatic ring is 1. The van der Waals surface area contributed by atoms with Crippen molar-refractivity contribution >= 4 is 11.6 Å². The minimum atomic E-state index is 0.594. The molecule has 3 nitrogen and oxygen atoms in total. The maximum atomic E-state index is 5.63. The average Bonchev–Trinajstić information content (AvgIpc) is 3.08. The SMILES string of the molecule is Nc1cccc(NCC2(C3CC3)CC2)n1. The van der Waals surface area contributed by atoms with Crippen LogP contribution in [0.5, 0.6) is 0 Å². The smallest absolute Gasteiger partial charge is 0.128 e. The number of hydrogen-bond donors (Lipinski definition) is 2. The van der Waals surface area contributed by atoms with Crippen LogP contribution in [0.2, 0.25) is 0 Å². The second-order valence-electron chi connectivity index (χ2n) is 4.94. The highest BCUT2D eigenvalue weighted by Gasteiger charge is 2.53. The van der Waals surface area contributed by atoms with Gasteiger partial charge in [-0.2, -0.15) is 0 Å². The summed E-state index contributed by atoms with van der Waals surface area (Å²) in [6, 6.07) is 5.75. The summed E-state index contributed by atoms with van der Waals surface area (Å²) < 4.78 is 0. The first-order valence-electron chi connectivity index (χ1n) is 5.75. The zero-order chi connectivity index (χ0) is 10.3. The normalized spacial score (nSPS) is 22.4. The van der Waals surface area contributed by atoms with E-state index < -0.39 is 0 Å². The summed E-state index contributed by atoms with van der Waals surface area (Å²) >= 11 is 0. The summed E-state index contributed by atoms with van der Waals surface area (Å²) in [5.41, 5.74) is 6.25. The fourth-order valence-electron chi connectivity index (χ4n) is 2.40. The summed E-state index contributed by atoms with van der Waals surface area (Å²) in [7, 11) is 0. The van der Waals surface area contributed by atoms with Crippen LogP contribution in [0.3, 0.4) is 0 Å². The molecule has 0 radical (unpaired) electrons. The van der Waals surface area contributed by atoms with E-state index in [2.05, 4.69) is 10.3 Å². The Kier molecular flexibility index (Phi) is 1.87. The number of nitrogens with two attached hydrogens (primary N) is 1. The summed E-state index contributed by atoms with van der Waals surface area (Å²) in [6.07, 6.45) is 5.66. The molecule has 0 spiro atoms. The molecule has 2 fully saturated rings. The fourth-order valence-corrected chi connectivity index (χ4v) is 2.40. The highest BCUT2D eigenvalue weighted by atomic mass is 15.0. The molecule has 1 heterocycles. The van der Waals surface area contributed by atoms with Crippen molar-refractivity contribution in [1.82, 2.24) is 4.98 Å². The maximum Gasteiger partial charge on any atom is 0.128 e. The largest absolute Gasteiger partial charge is 0.384 e. The lowest BCUT2D eigenvalue weighted by atomic mass is 10.0. The van der Waals surface area contributed by atoms with Crippen LogP contribution >= 0.6 is 0 Å². The fraction of sp³-hybridized carbons (Fsp3) is 0.583. The molecule has 0 aliphatic heterocycles. The monoisotopic (exact) mass is 203 g/mol. The Morgan fingerprint density at radius 2 is 2.20 bits per heavy atom. The predicted octanol–water partition coefficient (Wildman–Crippen LogP) is 2.27. The summed E-state index contributed by atoms with van der Waals surface area (Å²) in [4.78, 5) is 4.25. The van der Waals surface area contributed by atoms with Gasteiger partial charge in [0, 0.05) is 6.54 Å². The van der Waals surface area contributed by atoms with Crippen molar-refractivity contribution < 1.29 is 0 Å². The highest BCUT2D eigenvalue weighted by molar-refractivity contribution is 5.42. The molecule has 2 saturated carbocycles. The van der Waals surface area contributed by atoms with Gasteiger partial charge in [-0.1, -0.05) is 6.07 Å². The van der Waals surface area contributed by atoms with Gasteiger partial charge in [-0.3, -0.25) is 0 Å². The van der Waals surface area contributed by atoms with Crippen LogP contribution in [0.1, 0.15) is 25.7 Å². The number of nitrogens with zero attached hydrogens (tertiary/aromatic N) is 1. The first-order chi connectivity index (χ1) is 7.28. The molecule has 15 heavy (non-hydrogen) atoms. The molecule has 0 bridgehead atoms. The van der Waals surface area contributed by atoms with Crippen LogP contribution in [0, 0.1) is 11.3 Å². The molecule has 2 aliphatic rings. The molecule has 2 aliphatic carbocycles. The van der Waals surface area contributed by atoms with Gasteiger partial charge < -0.3 is 11.1 Å². The van der Waals surface area contributed by atoms with Crippen LogP contribution in [0.15, 0.2) is 18.2 Å². The molecule has 3 heteroatoms. The van der Waals surface area contributed by atoms with E-state index in [9.17, 15) is 0 Å². The van der Waals surface area contributed by atoms with E-state index in [4.69, 9.17) is 5.73 Å². The first-order valence-corrected chi connectivity index (χ1v) is 5.75. The molecule has 0 aromatic carbocycles. The van der Waals surface area contributed by atoms with Crippen molar-refractivity contribution in [1.29, 1.82) is 0 Å². The number of pyridine rings is 1. The lowest BCUT2D eigenvalue weighted by Crippen LogP contribution is -2.18. The van der Waals surface area contributed by atoms with Gasteiger partial charge in [-0.25, -0.2) is 4.98 Å². The molecule has 3 rings (SSSR count). The van der Waals surface area contributed by atoms with Crippen LogP contribution in [-0.2, 0) is 0 Å². The molecule has 3 N–H and O–H groups in total. The number of hydrogen-bond acceptors (Lipinski definition) is 3. The molecule has 1 aromatic heterocycles. The lowest BCUT2D eigenvalue weighted by molar-refractivity contribution is 0.466. The van der Waals surface area contributed by atoms with Crippen LogP contribution < -0.4 is 11.1 Å². The molecule has 0 saturated heterocycles. The zero-order valence-electron chi connectivity index (χ0n) is 8.87. The third-order valence-electron chi connectivity index (χ3n) is 3.73. The topological polar surface area (TPSA) is 50.9 Å². The van der Waals surface area contributed by atoms with Crippen LogP contribution in [0.4, 0.5) is 11.6 Å². The summed E-state index contributed by atoms with van der Waals surface area (Å²) in [5.74, 6) is 2.50. The molecule has 80 valence electrons. The third-order valence-corrected chi connectivity index (χ3v) is 3.73. The average molecular weight is 203 g/mol. The predicted molar refractivity (Wildman–Crippen MR) is 61.5 cm³/mol. The van der Waals surface area contributed by atoms with Crippen molar-refractivity contribution in [3.8, 4) is 0 Å². The zero-order valence-corrected chi connectivity index (χ0v) is 8.87. The molecule has 0 atom stereocenters. The number of aromatic nitrogens is 1. The number of anilines is 2. The van der Waals surface area contributed by atoms with Crippen molar-refractivity contribution in [2.24, 2.45) is 11.3 Å². The Bertz CT molecular complexity index is 367. The van der Waals surface area contributed by atoms with Gasteiger partial charge in [0.2, 0.25) is 0 Å². The molecule has 0 unspecified atom stereocenters. The van der Waals surface area contributed by atoms with E-state index in [0.717, 1.165) is 18.3 Å². The maximum absolute atomic E-state index is 5.63. The van der Waals surface area contributed by atoms with E-state index in [1.807, 2.05) is 18.2 Å². The van der Waals surface area contributed by atoms with Gasteiger partial charge in [0.25, 0.3) is 0 Å². The number of rotatable bonds is 4. The second-order valence-corrected chi connectivity index (χ2v) is 4.94. The van der Waals surface area contributed by atoms with Crippen LogP contribution in [0.25, 0.3) is 0 Å².